The molecule has 1 rings (SSSR count). The van der Waals surface area contributed by atoms with Gasteiger partial charge in [0.15, 0.2) is 6.61 Å². The molecule has 110 valence electrons. The van der Waals surface area contributed by atoms with Crippen molar-refractivity contribution in [3.63, 3.8) is 0 Å². The van der Waals surface area contributed by atoms with Gasteiger partial charge in [-0.05, 0) is 38.1 Å². The van der Waals surface area contributed by atoms with Crippen LogP contribution in [0.25, 0.3) is 0 Å². The van der Waals surface area contributed by atoms with Crippen molar-refractivity contribution >= 4 is 17.6 Å². The predicted molar refractivity (Wildman–Crippen MR) is 73.9 cm³/mol. The van der Waals surface area contributed by atoms with Crippen molar-refractivity contribution in [3.8, 4) is 5.75 Å². The van der Waals surface area contributed by atoms with Crippen LogP contribution < -0.4 is 10.1 Å². The number of carboxylic acids is 1. The van der Waals surface area contributed by atoms with Crippen LogP contribution in [0, 0.1) is 0 Å². The van der Waals surface area contributed by atoms with Gasteiger partial charge in [-0.25, -0.2) is 4.79 Å². The predicted octanol–water partition coefficient (Wildman–Crippen LogP) is 1.90. The number of hydrogen-bond acceptors (Lipinski definition) is 4. The maximum absolute atomic E-state index is 11.8. The summed E-state index contributed by atoms with van der Waals surface area (Å²) in [5.74, 6) is -0.761. The fraction of sp³-hybridized carbons (Fsp3) is 0.429. The lowest BCUT2D eigenvalue weighted by molar-refractivity contribution is -0.139. The van der Waals surface area contributed by atoms with Crippen LogP contribution in [0.5, 0.6) is 5.75 Å². The summed E-state index contributed by atoms with van der Waals surface area (Å²) in [5, 5.41) is 11.2. The molecule has 0 fully saturated rings. The highest BCUT2D eigenvalue weighted by Crippen LogP contribution is 2.18. The Balaban J connectivity index is 2.53. The molecule has 2 N–H and O–H groups in total. The third-order valence-electron chi connectivity index (χ3n) is 2.64. The van der Waals surface area contributed by atoms with Crippen molar-refractivity contribution in [2.75, 3.05) is 19.0 Å². The van der Waals surface area contributed by atoms with Crippen LogP contribution in [-0.2, 0) is 14.3 Å². The van der Waals surface area contributed by atoms with Gasteiger partial charge >= 0.3 is 5.97 Å². The first-order valence-electron chi connectivity index (χ1n) is 6.12. The quantitative estimate of drug-likeness (QED) is 0.797. The highest BCUT2D eigenvalue weighted by atomic mass is 16.5. The molecule has 0 radical (unpaired) electrons. The molecule has 20 heavy (non-hydrogen) atoms. The van der Waals surface area contributed by atoms with Crippen molar-refractivity contribution in [2.24, 2.45) is 0 Å². The highest BCUT2D eigenvalue weighted by Gasteiger charge is 2.20. The number of methoxy groups -OCH3 is 1. The second-order valence-corrected chi connectivity index (χ2v) is 4.90. The summed E-state index contributed by atoms with van der Waals surface area (Å²) >= 11 is 0. The smallest absolute Gasteiger partial charge is 0.341 e. The third-order valence-corrected chi connectivity index (χ3v) is 2.64. The first-order valence-corrected chi connectivity index (χ1v) is 6.12. The van der Waals surface area contributed by atoms with E-state index in [-0.39, 0.29) is 12.3 Å². The molecule has 0 aliphatic carbocycles. The van der Waals surface area contributed by atoms with E-state index in [9.17, 15) is 9.59 Å². The minimum Gasteiger partial charge on any atom is -0.482 e. The summed E-state index contributed by atoms with van der Waals surface area (Å²) in [5.41, 5.74) is 0.0961. The Kier molecular flexibility index (Phi) is 5.52. The lowest BCUT2D eigenvalue weighted by atomic mass is 10.0. The van der Waals surface area contributed by atoms with E-state index in [1.54, 1.807) is 31.4 Å². The van der Waals surface area contributed by atoms with Gasteiger partial charge in [0, 0.05) is 12.8 Å². The summed E-state index contributed by atoms with van der Waals surface area (Å²) in [6.07, 6.45) is 0.237. The van der Waals surface area contributed by atoms with Crippen LogP contribution in [0.15, 0.2) is 24.3 Å². The van der Waals surface area contributed by atoms with Gasteiger partial charge in [0.05, 0.1) is 12.0 Å². The number of aliphatic carboxylic acids is 1. The topological polar surface area (TPSA) is 84.9 Å². The number of benzene rings is 1. The number of rotatable bonds is 7. The zero-order valence-corrected chi connectivity index (χ0v) is 11.8. The Morgan fingerprint density at radius 1 is 1.25 bits per heavy atom. The lowest BCUT2D eigenvalue weighted by Crippen LogP contribution is -2.29. The van der Waals surface area contributed by atoms with E-state index in [0.717, 1.165) is 0 Å². The molecule has 1 amide bonds. The van der Waals surface area contributed by atoms with Crippen molar-refractivity contribution in [2.45, 2.75) is 25.9 Å². The van der Waals surface area contributed by atoms with Gasteiger partial charge in [0.25, 0.3) is 0 Å². The minimum atomic E-state index is -1.04. The lowest BCUT2D eigenvalue weighted by Gasteiger charge is -2.21. The molecule has 0 spiro atoms. The second-order valence-electron chi connectivity index (χ2n) is 4.90. The van der Waals surface area contributed by atoms with Gasteiger partial charge in [-0.2, -0.15) is 0 Å². The van der Waals surface area contributed by atoms with Crippen molar-refractivity contribution < 1.29 is 24.2 Å². The molecule has 1 aromatic carbocycles. The molecule has 0 atom stereocenters. The van der Waals surface area contributed by atoms with Crippen molar-refractivity contribution in [1.82, 2.24) is 0 Å². The summed E-state index contributed by atoms with van der Waals surface area (Å²) in [6, 6.07) is 6.49. The van der Waals surface area contributed by atoms with E-state index in [1.165, 1.54) is 0 Å². The van der Waals surface area contributed by atoms with Gasteiger partial charge in [0.2, 0.25) is 5.91 Å². The molecular weight excluding hydrogens is 262 g/mol. The van der Waals surface area contributed by atoms with E-state index in [2.05, 4.69) is 5.32 Å². The molecule has 0 saturated carbocycles. The average Bonchev–Trinajstić information content (AvgIpc) is 2.37. The average molecular weight is 281 g/mol. The maximum atomic E-state index is 11.8. The molecule has 6 heteroatoms. The van der Waals surface area contributed by atoms with Crippen LogP contribution in [0.1, 0.15) is 20.3 Å². The number of carbonyl (C=O) groups excluding carboxylic acids is 1. The molecule has 0 unspecified atom stereocenters. The second kappa shape index (κ2) is 6.91. The minimum absolute atomic E-state index is 0.156. The standard InChI is InChI=1S/C14H19NO5/c1-14(2,19-3)8-12(16)15-10-4-6-11(7-5-10)20-9-13(17)18/h4-7H,8-9H2,1-3H3,(H,15,16)(H,17,18). The molecule has 0 aromatic heterocycles. The van der Waals surface area contributed by atoms with Gasteiger partial charge in [-0.3, -0.25) is 4.79 Å². The largest absolute Gasteiger partial charge is 0.482 e. The van der Waals surface area contributed by atoms with Crippen molar-refractivity contribution in [3.05, 3.63) is 24.3 Å². The summed E-state index contributed by atoms with van der Waals surface area (Å²) in [7, 11) is 1.56. The molecular formula is C14H19NO5. The first-order chi connectivity index (χ1) is 9.32. The zero-order chi connectivity index (χ0) is 15.2. The molecule has 0 saturated heterocycles. The SMILES string of the molecule is COC(C)(C)CC(=O)Nc1ccc(OCC(=O)O)cc1. The molecule has 6 nitrogen and oxygen atoms in total. The summed E-state index contributed by atoms with van der Waals surface area (Å²) < 4.78 is 10.2. The Hall–Kier alpha value is -2.08. The van der Waals surface area contributed by atoms with Crippen LogP contribution in [0.3, 0.4) is 0 Å². The number of nitrogens with one attached hydrogen (secondary N) is 1. The van der Waals surface area contributed by atoms with E-state index in [4.69, 9.17) is 14.6 Å². The van der Waals surface area contributed by atoms with Crippen LogP contribution in [-0.4, -0.2) is 36.3 Å². The number of hydrogen-bond donors (Lipinski definition) is 2. The number of carbonyl (C=O) groups is 2. The fourth-order valence-electron chi connectivity index (χ4n) is 1.44. The number of ether oxygens (including phenoxy) is 2. The van der Waals surface area contributed by atoms with E-state index >= 15 is 0 Å². The number of amides is 1. The Bertz CT molecular complexity index is 467. The molecule has 1 aromatic rings. The Morgan fingerprint density at radius 3 is 2.35 bits per heavy atom. The molecule has 0 aliphatic heterocycles. The summed E-state index contributed by atoms with van der Waals surface area (Å²) in [6.45, 7) is 3.26. The van der Waals surface area contributed by atoms with Gasteiger partial charge in [0.1, 0.15) is 5.75 Å². The summed E-state index contributed by atoms with van der Waals surface area (Å²) in [4.78, 5) is 22.1. The van der Waals surface area contributed by atoms with Gasteiger partial charge in [-0.1, -0.05) is 0 Å². The fourth-order valence-corrected chi connectivity index (χ4v) is 1.44. The monoisotopic (exact) mass is 281 g/mol. The van der Waals surface area contributed by atoms with E-state index in [1.807, 2.05) is 13.8 Å². The normalized spacial score (nSPS) is 10.9. The van der Waals surface area contributed by atoms with Crippen LogP contribution in [0.2, 0.25) is 0 Å². The van der Waals surface area contributed by atoms with Crippen LogP contribution in [0.4, 0.5) is 5.69 Å². The first kappa shape index (κ1) is 16.0. The van der Waals surface area contributed by atoms with Crippen molar-refractivity contribution in [1.29, 1.82) is 0 Å². The van der Waals surface area contributed by atoms with E-state index < -0.39 is 18.2 Å². The van der Waals surface area contributed by atoms with E-state index in [0.29, 0.717) is 11.4 Å². The highest BCUT2D eigenvalue weighted by molar-refractivity contribution is 5.91. The Morgan fingerprint density at radius 2 is 1.85 bits per heavy atom. The molecule has 0 heterocycles. The number of anilines is 1. The maximum Gasteiger partial charge on any atom is 0.341 e. The molecule has 0 aliphatic rings. The Labute approximate surface area is 117 Å². The van der Waals surface area contributed by atoms with Gasteiger partial charge < -0.3 is 19.9 Å². The molecule has 0 bridgehead atoms. The van der Waals surface area contributed by atoms with Crippen LogP contribution >= 0.6 is 0 Å². The number of carboxylic acid groups (broad SMARTS) is 1. The van der Waals surface area contributed by atoms with Gasteiger partial charge in [-0.15, -0.1) is 0 Å². The zero-order valence-electron chi connectivity index (χ0n) is 11.8. The third kappa shape index (κ3) is 5.71.